The second kappa shape index (κ2) is 7.33. The van der Waals surface area contributed by atoms with E-state index in [-0.39, 0.29) is 0 Å². The molecule has 1 rings (SSSR count). The molecule has 6 nitrogen and oxygen atoms in total. The average Bonchev–Trinajstić information content (AvgIpc) is 2.70. The SMILES string of the molecule is COCC(O)CNCCCn1ccnn1. The quantitative estimate of drug-likeness (QED) is 0.558. The van der Waals surface area contributed by atoms with Gasteiger partial charge in [-0.1, -0.05) is 5.21 Å². The minimum atomic E-state index is -0.429. The Hall–Kier alpha value is -0.980. The fourth-order valence-corrected chi connectivity index (χ4v) is 1.24. The monoisotopic (exact) mass is 214 g/mol. The highest BCUT2D eigenvalue weighted by Gasteiger charge is 2.01. The molecule has 1 atom stereocenters. The molecule has 0 aromatic carbocycles. The Bertz CT molecular complexity index is 240. The highest BCUT2D eigenvalue weighted by molar-refractivity contribution is 4.64. The smallest absolute Gasteiger partial charge is 0.0897 e. The molecular weight excluding hydrogens is 196 g/mol. The van der Waals surface area contributed by atoms with Gasteiger partial charge < -0.3 is 15.2 Å². The van der Waals surface area contributed by atoms with E-state index < -0.39 is 6.10 Å². The number of ether oxygens (including phenoxy) is 1. The second-order valence-electron chi connectivity index (χ2n) is 3.33. The van der Waals surface area contributed by atoms with Crippen LogP contribution in [-0.2, 0) is 11.3 Å². The van der Waals surface area contributed by atoms with E-state index in [1.807, 2.05) is 6.20 Å². The van der Waals surface area contributed by atoms with E-state index in [9.17, 15) is 5.11 Å². The zero-order valence-electron chi connectivity index (χ0n) is 8.96. The number of nitrogens with one attached hydrogen (secondary N) is 1. The van der Waals surface area contributed by atoms with Gasteiger partial charge in [0.2, 0.25) is 0 Å². The molecule has 0 fully saturated rings. The predicted molar refractivity (Wildman–Crippen MR) is 55.4 cm³/mol. The van der Waals surface area contributed by atoms with E-state index in [1.54, 1.807) is 18.0 Å². The van der Waals surface area contributed by atoms with Crippen LogP contribution in [-0.4, -0.2) is 53.0 Å². The Morgan fingerprint density at radius 1 is 1.60 bits per heavy atom. The fourth-order valence-electron chi connectivity index (χ4n) is 1.24. The number of aryl methyl sites for hydroxylation is 1. The Morgan fingerprint density at radius 2 is 2.47 bits per heavy atom. The summed E-state index contributed by atoms with van der Waals surface area (Å²) in [6, 6.07) is 0. The number of hydrogen-bond donors (Lipinski definition) is 2. The molecule has 1 heterocycles. The maximum atomic E-state index is 9.32. The van der Waals surface area contributed by atoms with E-state index in [0.29, 0.717) is 13.2 Å². The van der Waals surface area contributed by atoms with Gasteiger partial charge in [-0.3, -0.25) is 4.68 Å². The highest BCUT2D eigenvalue weighted by Crippen LogP contribution is 1.86. The van der Waals surface area contributed by atoms with Gasteiger partial charge in [0.1, 0.15) is 0 Å². The van der Waals surface area contributed by atoms with Crippen molar-refractivity contribution in [3.63, 3.8) is 0 Å². The number of rotatable bonds is 8. The lowest BCUT2D eigenvalue weighted by Gasteiger charge is -2.10. The van der Waals surface area contributed by atoms with Crippen molar-refractivity contribution >= 4 is 0 Å². The van der Waals surface area contributed by atoms with Crippen LogP contribution in [0.1, 0.15) is 6.42 Å². The van der Waals surface area contributed by atoms with E-state index >= 15 is 0 Å². The molecule has 0 aliphatic carbocycles. The molecule has 1 unspecified atom stereocenters. The third-order valence-corrected chi connectivity index (χ3v) is 1.95. The topological polar surface area (TPSA) is 72.2 Å². The van der Waals surface area contributed by atoms with Crippen molar-refractivity contribution in [2.24, 2.45) is 0 Å². The minimum absolute atomic E-state index is 0.371. The van der Waals surface area contributed by atoms with E-state index in [2.05, 4.69) is 15.6 Å². The number of hydrogen-bond acceptors (Lipinski definition) is 5. The first-order chi connectivity index (χ1) is 7.33. The van der Waals surface area contributed by atoms with E-state index in [1.165, 1.54) is 0 Å². The minimum Gasteiger partial charge on any atom is -0.389 e. The lowest BCUT2D eigenvalue weighted by Crippen LogP contribution is -2.31. The molecule has 0 saturated heterocycles. The fraction of sp³-hybridized carbons (Fsp3) is 0.778. The number of aliphatic hydroxyl groups is 1. The van der Waals surface area contributed by atoms with Gasteiger partial charge in [-0.15, -0.1) is 5.10 Å². The standard InChI is InChI=1S/C9H18N4O2/c1-15-8-9(14)7-10-3-2-5-13-6-4-11-12-13/h4,6,9-10,14H,2-3,5,7-8H2,1H3. The van der Waals surface area contributed by atoms with Crippen LogP contribution in [0.25, 0.3) is 0 Å². The van der Waals surface area contributed by atoms with Crippen molar-refractivity contribution < 1.29 is 9.84 Å². The van der Waals surface area contributed by atoms with Gasteiger partial charge in [0.15, 0.2) is 0 Å². The van der Waals surface area contributed by atoms with Gasteiger partial charge in [-0.05, 0) is 13.0 Å². The zero-order valence-corrected chi connectivity index (χ0v) is 8.96. The first-order valence-electron chi connectivity index (χ1n) is 5.04. The summed E-state index contributed by atoms with van der Waals surface area (Å²) >= 11 is 0. The molecule has 86 valence electrons. The van der Waals surface area contributed by atoms with Gasteiger partial charge in [0.25, 0.3) is 0 Å². The summed E-state index contributed by atoms with van der Waals surface area (Å²) in [6.45, 7) is 2.62. The molecular formula is C9H18N4O2. The third kappa shape index (κ3) is 5.46. The van der Waals surface area contributed by atoms with Gasteiger partial charge in [-0.25, -0.2) is 0 Å². The molecule has 0 saturated carbocycles. The van der Waals surface area contributed by atoms with Crippen LogP contribution in [0.2, 0.25) is 0 Å². The van der Waals surface area contributed by atoms with E-state index in [4.69, 9.17) is 4.74 Å². The molecule has 0 radical (unpaired) electrons. The van der Waals surface area contributed by atoms with Crippen LogP contribution in [0.3, 0.4) is 0 Å². The highest BCUT2D eigenvalue weighted by atomic mass is 16.5. The van der Waals surface area contributed by atoms with E-state index in [0.717, 1.165) is 19.5 Å². The summed E-state index contributed by atoms with van der Waals surface area (Å²) in [5, 5.41) is 20.0. The molecule has 0 bridgehead atoms. The molecule has 2 N–H and O–H groups in total. The van der Waals surface area contributed by atoms with Gasteiger partial charge in [-0.2, -0.15) is 0 Å². The van der Waals surface area contributed by atoms with Crippen LogP contribution < -0.4 is 5.32 Å². The van der Waals surface area contributed by atoms with Gasteiger partial charge >= 0.3 is 0 Å². The Kier molecular flexibility index (Phi) is 5.91. The molecule has 6 heteroatoms. The van der Waals surface area contributed by atoms with Crippen molar-refractivity contribution in [3.8, 4) is 0 Å². The largest absolute Gasteiger partial charge is 0.389 e. The maximum Gasteiger partial charge on any atom is 0.0897 e. The number of methoxy groups -OCH3 is 1. The first-order valence-corrected chi connectivity index (χ1v) is 5.04. The molecule has 0 amide bonds. The molecule has 15 heavy (non-hydrogen) atoms. The second-order valence-corrected chi connectivity index (χ2v) is 3.33. The maximum absolute atomic E-state index is 9.32. The lowest BCUT2D eigenvalue weighted by atomic mass is 10.3. The first kappa shape index (κ1) is 12.1. The summed E-state index contributed by atoms with van der Waals surface area (Å²) < 4.78 is 6.59. The summed E-state index contributed by atoms with van der Waals surface area (Å²) in [7, 11) is 1.58. The van der Waals surface area contributed by atoms with Crippen LogP contribution in [0.5, 0.6) is 0 Å². The molecule has 0 aliphatic heterocycles. The van der Waals surface area contributed by atoms with Crippen molar-refractivity contribution in [2.45, 2.75) is 19.1 Å². The van der Waals surface area contributed by atoms with Crippen molar-refractivity contribution in [1.82, 2.24) is 20.3 Å². The normalized spacial score (nSPS) is 12.9. The van der Waals surface area contributed by atoms with Crippen LogP contribution in [0.4, 0.5) is 0 Å². The summed E-state index contributed by atoms with van der Waals surface area (Å²) in [5.74, 6) is 0. The number of aromatic nitrogens is 3. The van der Waals surface area contributed by atoms with Crippen molar-refractivity contribution in [1.29, 1.82) is 0 Å². The van der Waals surface area contributed by atoms with Crippen LogP contribution in [0, 0.1) is 0 Å². The van der Waals surface area contributed by atoms with Gasteiger partial charge in [0.05, 0.1) is 18.9 Å². The summed E-state index contributed by atoms with van der Waals surface area (Å²) in [5.41, 5.74) is 0. The summed E-state index contributed by atoms with van der Waals surface area (Å²) in [4.78, 5) is 0. The molecule has 1 aromatic heterocycles. The van der Waals surface area contributed by atoms with Crippen LogP contribution in [0.15, 0.2) is 12.4 Å². The van der Waals surface area contributed by atoms with Crippen molar-refractivity contribution in [3.05, 3.63) is 12.4 Å². The summed E-state index contributed by atoms with van der Waals surface area (Å²) in [6.07, 6.45) is 4.03. The van der Waals surface area contributed by atoms with Crippen LogP contribution >= 0.6 is 0 Å². The molecule has 0 aliphatic rings. The number of aliphatic hydroxyl groups excluding tert-OH is 1. The Labute approximate surface area is 89.2 Å². The Balaban J connectivity index is 1.93. The zero-order chi connectivity index (χ0) is 10.9. The average molecular weight is 214 g/mol. The lowest BCUT2D eigenvalue weighted by molar-refractivity contribution is 0.0646. The molecule has 0 spiro atoms. The van der Waals surface area contributed by atoms with Gasteiger partial charge in [0, 0.05) is 26.4 Å². The molecule has 1 aromatic rings. The number of nitrogens with zero attached hydrogens (tertiary/aromatic N) is 3. The Morgan fingerprint density at radius 3 is 3.13 bits per heavy atom. The van der Waals surface area contributed by atoms with Crippen molar-refractivity contribution in [2.75, 3.05) is 26.8 Å². The predicted octanol–water partition coefficient (Wildman–Crippen LogP) is -0.735. The third-order valence-electron chi connectivity index (χ3n) is 1.95.